The summed E-state index contributed by atoms with van der Waals surface area (Å²) in [6, 6.07) is 8.44. The molecule has 14 heavy (non-hydrogen) atoms. The average molecular weight is 188 g/mol. The fraction of sp³-hybridized carbons (Fsp3) is 0.385. The molecule has 2 unspecified atom stereocenters. The third kappa shape index (κ3) is 1.12. The minimum atomic E-state index is -0.138. The molecule has 0 saturated carbocycles. The Kier molecular flexibility index (Phi) is 2.20. The zero-order valence-electron chi connectivity index (χ0n) is 8.95. The molecule has 0 fully saturated rings. The lowest BCUT2D eigenvalue weighted by atomic mass is 9.89. The molecule has 1 aromatic carbocycles. The van der Waals surface area contributed by atoms with E-state index in [2.05, 4.69) is 43.3 Å². The lowest BCUT2D eigenvalue weighted by Crippen LogP contribution is -2.14. The van der Waals surface area contributed by atoms with Crippen LogP contribution in [0.25, 0.3) is 0 Å². The van der Waals surface area contributed by atoms with Crippen LogP contribution in [-0.4, -0.2) is 0 Å². The van der Waals surface area contributed by atoms with Crippen molar-refractivity contribution in [2.75, 3.05) is 0 Å². The maximum Gasteiger partial charge on any atom is 0.110 e. The van der Waals surface area contributed by atoms with E-state index in [1.54, 1.807) is 0 Å². The Morgan fingerprint density at radius 2 is 1.93 bits per heavy atom. The molecule has 2 heterocycles. The quantitative estimate of drug-likeness (QED) is 0.565. The van der Waals surface area contributed by atoms with Gasteiger partial charge in [-0.05, 0) is 24.1 Å². The van der Waals surface area contributed by atoms with E-state index in [4.69, 9.17) is 4.74 Å². The molecule has 2 atom stereocenters. The van der Waals surface area contributed by atoms with Gasteiger partial charge in [-0.15, -0.1) is 0 Å². The number of hydrogen-bond donors (Lipinski definition) is 0. The Morgan fingerprint density at radius 3 is 2.64 bits per heavy atom. The van der Waals surface area contributed by atoms with Crippen molar-refractivity contribution in [2.24, 2.45) is 0 Å². The van der Waals surface area contributed by atoms with E-state index < -0.39 is 0 Å². The zero-order valence-corrected chi connectivity index (χ0v) is 8.95. The second-order valence-corrected chi connectivity index (χ2v) is 3.59. The van der Waals surface area contributed by atoms with E-state index in [1.807, 2.05) is 13.8 Å². The van der Waals surface area contributed by atoms with Crippen LogP contribution >= 0.6 is 0 Å². The highest BCUT2D eigenvalue weighted by Crippen LogP contribution is 2.49. The molecule has 74 valence electrons. The molecule has 0 saturated heterocycles. The molecule has 0 spiro atoms. The van der Waals surface area contributed by atoms with E-state index in [0.29, 0.717) is 0 Å². The number of fused-ring (bicyclic) bond motifs is 5. The van der Waals surface area contributed by atoms with Crippen molar-refractivity contribution in [3.8, 4) is 0 Å². The lowest BCUT2D eigenvalue weighted by Gasteiger charge is -2.17. The minimum Gasteiger partial charge on any atom is -0.354 e. The summed E-state index contributed by atoms with van der Waals surface area (Å²) >= 11 is 0. The van der Waals surface area contributed by atoms with Gasteiger partial charge in [-0.25, -0.2) is 0 Å². The molecule has 3 rings (SSSR count). The first-order chi connectivity index (χ1) is 6.80. The lowest BCUT2D eigenvalue weighted by molar-refractivity contribution is 0.0113. The largest absolute Gasteiger partial charge is 0.354 e. The molecule has 1 aromatic rings. The molecule has 0 radical (unpaired) electrons. The van der Waals surface area contributed by atoms with Crippen LogP contribution in [0, 0.1) is 0 Å². The maximum absolute atomic E-state index is 5.82. The number of hydrogen-bond acceptors (Lipinski definition) is 1. The third-order valence-electron chi connectivity index (χ3n) is 2.76. The molecule has 2 aliphatic heterocycles. The highest BCUT2D eigenvalue weighted by atomic mass is 16.5. The van der Waals surface area contributed by atoms with Gasteiger partial charge in [0.1, 0.15) is 11.7 Å². The van der Waals surface area contributed by atoms with E-state index in [1.165, 1.54) is 11.1 Å². The normalized spacial score (nSPS) is 30.9. The van der Waals surface area contributed by atoms with E-state index in [9.17, 15) is 0 Å². The van der Waals surface area contributed by atoms with Gasteiger partial charge in [0.05, 0.1) is 0 Å². The Morgan fingerprint density at radius 1 is 1.21 bits per heavy atom. The average Bonchev–Trinajstić information content (AvgIpc) is 2.76. The molecule has 0 aromatic heterocycles. The first kappa shape index (κ1) is 9.47. The second kappa shape index (κ2) is 3.25. The molecule has 0 amide bonds. The number of rotatable bonds is 0. The molecule has 0 N–H and O–H groups in total. The first-order valence-corrected chi connectivity index (χ1v) is 5.26. The van der Waals surface area contributed by atoms with Crippen molar-refractivity contribution >= 4 is 0 Å². The SMILES string of the molecule is CC.CC12C=CC(O1)c1ccccc12. The summed E-state index contributed by atoms with van der Waals surface area (Å²) in [6.07, 6.45) is 4.51. The molecular weight excluding hydrogens is 172 g/mol. The number of benzene rings is 1. The summed E-state index contributed by atoms with van der Waals surface area (Å²) in [4.78, 5) is 0. The summed E-state index contributed by atoms with van der Waals surface area (Å²) in [5.74, 6) is 0. The molecule has 1 heteroatoms. The summed E-state index contributed by atoms with van der Waals surface area (Å²) < 4.78 is 5.82. The summed E-state index contributed by atoms with van der Waals surface area (Å²) in [7, 11) is 0. The predicted octanol–water partition coefficient (Wildman–Crippen LogP) is 3.57. The van der Waals surface area contributed by atoms with Crippen LogP contribution in [0.4, 0.5) is 0 Å². The monoisotopic (exact) mass is 188 g/mol. The smallest absolute Gasteiger partial charge is 0.110 e. The van der Waals surface area contributed by atoms with Gasteiger partial charge in [-0.2, -0.15) is 0 Å². The van der Waals surface area contributed by atoms with Crippen molar-refractivity contribution in [3.63, 3.8) is 0 Å². The summed E-state index contributed by atoms with van der Waals surface area (Å²) in [6.45, 7) is 6.12. The van der Waals surface area contributed by atoms with Crippen LogP contribution in [-0.2, 0) is 10.3 Å². The first-order valence-electron chi connectivity index (χ1n) is 5.26. The molecular formula is C13H16O. The predicted molar refractivity (Wildman–Crippen MR) is 58.1 cm³/mol. The van der Waals surface area contributed by atoms with E-state index in [-0.39, 0.29) is 11.7 Å². The van der Waals surface area contributed by atoms with E-state index in [0.717, 1.165) is 0 Å². The Bertz CT molecular complexity index is 367. The second-order valence-electron chi connectivity index (χ2n) is 3.59. The van der Waals surface area contributed by atoms with Crippen molar-refractivity contribution in [1.29, 1.82) is 0 Å². The van der Waals surface area contributed by atoms with E-state index >= 15 is 0 Å². The van der Waals surface area contributed by atoms with Crippen molar-refractivity contribution < 1.29 is 4.74 Å². The zero-order chi connectivity index (χ0) is 10.2. The fourth-order valence-electron chi connectivity index (χ4n) is 2.13. The highest BCUT2D eigenvalue weighted by molar-refractivity contribution is 5.46. The van der Waals surface area contributed by atoms with Crippen LogP contribution in [0.5, 0.6) is 0 Å². The Hall–Kier alpha value is -1.08. The number of ether oxygens (including phenoxy) is 1. The highest BCUT2D eigenvalue weighted by Gasteiger charge is 2.42. The summed E-state index contributed by atoms with van der Waals surface area (Å²) in [5.41, 5.74) is 2.53. The Labute approximate surface area is 85.4 Å². The van der Waals surface area contributed by atoms with Gasteiger partial charge in [0, 0.05) is 0 Å². The molecule has 1 nitrogen and oxygen atoms in total. The third-order valence-corrected chi connectivity index (χ3v) is 2.76. The van der Waals surface area contributed by atoms with Crippen LogP contribution in [0.3, 0.4) is 0 Å². The van der Waals surface area contributed by atoms with Gasteiger partial charge in [-0.1, -0.05) is 44.2 Å². The van der Waals surface area contributed by atoms with Crippen LogP contribution < -0.4 is 0 Å². The van der Waals surface area contributed by atoms with Crippen LogP contribution in [0.2, 0.25) is 0 Å². The van der Waals surface area contributed by atoms with Gasteiger partial charge >= 0.3 is 0 Å². The van der Waals surface area contributed by atoms with Gasteiger partial charge in [0.25, 0.3) is 0 Å². The molecule has 2 bridgehead atoms. The van der Waals surface area contributed by atoms with Gasteiger partial charge in [0.2, 0.25) is 0 Å². The van der Waals surface area contributed by atoms with Crippen LogP contribution in [0.15, 0.2) is 36.4 Å². The van der Waals surface area contributed by atoms with Gasteiger partial charge < -0.3 is 4.74 Å². The fourth-order valence-corrected chi connectivity index (χ4v) is 2.13. The maximum atomic E-state index is 5.82. The topological polar surface area (TPSA) is 9.23 Å². The van der Waals surface area contributed by atoms with Crippen molar-refractivity contribution in [1.82, 2.24) is 0 Å². The Balaban J connectivity index is 0.000000354. The van der Waals surface area contributed by atoms with Crippen LogP contribution in [0.1, 0.15) is 38.0 Å². The van der Waals surface area contributed by atoms with Gasteiger partial charge in [-0.3, -0.25) is 0 Å². The summed E-state index contributed by atoms with van der Waals surface area (Å²) in [5, 5.41) is 0. The van der Waals surface area contributed by atoms with Crippen molar-refractivity contribution in [3.05, 3.63) is 47.5 Å². The standard InChI is InChI=1S/C11H10O.C2H6/c1-11-7-6-10(12-11)8-4-2-3-5-9(8)11;1-2/h2-7,10H,1H3;1-2H3. The van der Waals surface area contributed by atoms with Crippen molar-refractivity contribution in [2.45, 2.75) is 32.5 Å². The van der Waals surface area contributed by atoms with Gasteiger partial charge in [0.15, 0.2) is 0 Å². The molecule has 0 aliphatic carbocycles. The molecule has 2 aliphatic rings. The minimum absolute atomic E-state index is 0.138.